The van der Waals surface area contributed by atoms with Crippen molar-refractivity contribution in [3.63, 3.8) is 0 Å². The number of aldehydes is 1. The molecular weight excluding hydrogens is 300 g/mol. The number of benzene rings is 2. The lowest BCUT2D eigenvalue weighted by molar-refractivity contribution is 0.112. The minimum Gasteiger partial charge on any atom is -0.495 e. The number of anilines is 1. The van der Waals surface area contributed by atoms with Gasteiger partial charge in [-0.15, -0.1) is 0 Å². The summed E-state index contributed by atoms with van der Waals surface area (Å²) in [5.41, 5.74) is 3.72. The van der Waals surface area contributed by atoms with E-state index in [1.54, 1.807) is 7.11 Å². The molecule has 1 fully saturated rings. The van der Waals surface area contributed by atoms with E-state index in [4.69, 9.17) is 4.74 Å². The number of hydrogen-bond donors (Lipinski definition) is 0. The molecule has 2 aromatic carbocycles. The molecule has 2 aromatic rings. The van der Waals surface area contributed by atoms with Gasteiger partial charge < -0.3 is 14.5 Å². The quantitative estimate of drug-likeness (QED) is 0.790. The van der Waals surface area contributed by atoms with Gasteiger partial charge in [0.05, 0.1) is 12.7 Å². The van der Waals surface area contributed by atoms with Gasteiger partial charge in [-0.1, -0.05) is 37.3 Å². The van der Waals surface area contributed by atoms with Crippen molar-refractivity contribution in [3.8, 4) is 16.9 Å². The molecule has 0 unspecified atom stereocenters. The van der Waals surface area contributed by atoms with E-state index in [9.17, 15) is 4.79 Å². The molecular formula is C20H24N2O2. The summed E-state index contributed by atoms with van der Waals surface area (Å²) in [7, 11) is 1.62. The molecule has 1 heterocycles. The van der Waals surface area contributed by atoms with Crippen LogP contribution in [0.15, 0.2) is 42.5 Å². The van der Waals surface area contributed by atoms with Crippen molar-refractivity contribution in [2.45, 2.75) is 6.92 Å². The Morgan fingerprint density at radius 1 is 1.08 bits per heavy atom. The van der Waals surface area contributed by atoms with Crippen molar-refractivity contribution < 1.29 is 9.53 Å². The van der Waals surface area contributed by atoms with Crippen LogP contribution in [0.3, 0.4) is 0 Å². The van der Waals surface area contributed by atoms with Crippen LogP contribution in [0.2, 0.25) is 0 Å². The molecule has 126 valence electrons. The second-order valence-electron chi connectivity index (χ2n) is 6.02. The highest BCUT2D eigenvalue weighted by Crippen LogP contribution is 2.36. The first kappa shape index (κ1) is 16.5. The summed E-state index contributed by atoms with van der Waals surface area (Å²) in [6.45, 7) is 7.35. The maximum Gasteiger partial charge on any atom is 0.153 e. The number of methoxy groups -OCH3 is 1. The molecule has 0 aromatic heterocycles. The second-order valence-corrected chi connectivity index (χ2v) is 6.02. The number of ether oxygens (including phenoxy) is 1. The fourth-order valence-corrected chi connectivity index (χ4v) is 3.29. The highest BCUT2D eigenvalue weighted by atomic mass is 16.5. The molecule has 0 radical (unpaired) electrons. The lowest BCUT2D eigenvalue weighted by atomic mass is 10.00. The van der Waals surface area contributed by atoms with Gasteiger partial charge in [0.1, 0.15) is 5.75 Å². The minimum atomic E-state index is 0.603. The second kappa shape index (κ2) is 7.49. The topological polar surface area (TPSA) is 32.8 Å². The van der Waals surface area contributed by atoms with Crippen molar-refractivity contribution in [3.05, 3.63) is 48.0 Å². The minimum absolute atomic E-state index is 0.603. The number of hydrogen-bond acceptors (Lipinski definition) is 4. The molecule has 0 bridgehead atoms. The van der Waals surface area contributed by atoms with Crippen LogP contribution in [0.4, 0.5) is 5.69 Å². The third kappa shape index (κ3) is 3.29. The van der Waals surface area contributed by atoms with E-state index in [1.807, 2.05) is 36.4 Å². The fraction of sp³-hybridized carbons (Fsp3) is 0.350. The predicted molar refractivity (Wildman–Crippen MR) is 98.1 cm³/mol. The standard InChI is InChI=1S/C20H24N2O2/c1-3-21-9-11-22(12-10-21)18-13-17(15-23)20(24-2)19(14-18)16-7-5-4-6-8-16/h4-8,13-15H,3,9-12H2,1-2H3. The zero-order valence-corrected chi connectivity index (χ0v) is 14.4. The van der Waals surface area contributed by atoms with E-state index in [2.05, 4.69) is 22.8 Å². The summed E-state index contributed by atoms with van der Waals surface area (Å²) >= 11 is 0. The Balaban J connectivity index is 2.01. The average Bonchev–Trinajstić information content (AvgIpc) is 2.67. The molecule has 0 amide bonds. The average molecular weight is 324 g/mol. The van der Waals surface area contributed by atoms with Crippen LogP contribution in [-0.4, -0.2) is 51.0 Å². The Labute approximate surface area is 143 Å². The van der Waals surface area contributed by atoms with Gasteiger partial charge in [0.15, 0.2) is 6.29 Å². The Bertz CT molecular complexity index is 692. The van der Waals surface area contributed by atoms with Crippen LogP contribution in [0.25, 0.3) is 11.1 Å². The smallest absolute Gasteiger partial charge is 0.153 e. The summed E-state index contributed by atoms with van der Waals surface area (Å²) in [5.74, 6) is 0.646. The highest BCUT2D eigenvalue weighted by molar-refractivity contribution is 5.89. The molecule has 4 nitrogen and oxygen atoms in total. The molecule has 0 aliphatic carbocycles. The molecule has 0 N–H and O–H groups in total. The first-order valence-electron chi connectivity index (χ1n) is 8.46. The van der Waals surface area contributed by atoms with E-state index < -0.39 is 0 Å². The van der Waals surface area contributed by atoms with E-state index in [-0.39, 0.29) is 0 Å². The lowest BCUT2D eigenvalue weighted by Crippen LogP contribution is -2.46. The third-order valence-electron chi connectivity index (χ3n) is 4.70. The summed E-state index contributed by atoms with van der Waals surface area (Å²) in [6, 6.07) is 14.2. The maximum absolute atomic E-state index is 11.6. The number of carbonyl (C=O) groups excluding carboxylic acids is 1. The Kier molecular flexibility index (Phi) is 5.16. The predicted octanol–water partition coefficient (Wildman–Crippen LogP) is 3.32. The first-order chi connectivity index (χ1) is 11.8. The molecule has 1 saturated heterocycles. The van der Waals surface area contributed by atoms with Crippen molar-refractivity contribution in [1.82, 2.24) is 4.90 Å². The molecule has 4 heteroatoms. The normalized spacial score (nSPS) is 15.3. The molecule has 0 saturated carbocycles. The summed E-state index contributed by atoms with van der Waals surface area (Å²) in [6.07, 6.45) is 0.886. The molecule has 0 spiro atoms. The van der Waals surface area contributed by atoms with Crippen LogP contribution in [0.1, 0.15) is 17.3 Å². The third-order valence-corrected chi connectivity index (χ3v) is 4.70. The van der Waals surface area contributed by atoms with E-state index >= 15 is 0 Å². The Morgan fingerprint density at radius 3 is 2.38 bits per heavy atom. The van der Waals surface area contributed by atoms with Gasteiger partial charge in [0, 0.05) is 37.4 Å². The largest absolute Gasteiger partial charge is 0.495 e. The van der Waals surface area contributed by atoms with Gasteiger partial charge in [-0.25, -0.2) is 0 Å². The molecule has 1 aliphatic heterocycles. The monoisotopic (exact) mass is 324 g/mol. The van der Waals surface area contributed by atoms with Crippen LogP contribution in [0, 0.1) is 0 Å². The van der Waals surface area contributed by atoms with Gasteiger partial charge >= 0.3 is 0 Å². The molecule has 3 rings (SSSR count). The van der Waals surface area contributed by atoms with Gasteiger partial charge in [-0.2, -0.15) is 0 Å². The number of rotatable bonds is 5. The van der Waals surface area contributed by atoms with Crippen molar-refractivity contribution >= 4 is 12.0 Å². The molecule has 1 aliphatic rings. The van der Waals surface area contributed by atoms with Crippen molar-refractivity contribution in [2.75, 3.05) is 44.7 Å². The Hall–Kier alpha value is -2.33. The van der Waals surface area contributed by atoms with Crippen LogP contribution in [-0.2, 0) is 0 Å². The molecule has 24 heavy (non-hydrogen) atoms. The number of likely N-dealkylation sites (N-methyl/N-ethyl adjacent to an activating group) is 1. The number of carbonyl (C=O) groups is 1. The fourth-order valence-electron chi connectivity index (χ4n) is 3.29. The zero-order valence-electron chi connectivity index (χ0n) is 14.4. The van der Waals surface area contributed by atoms with Crippen molar-refractivity contribution in [1.29, 1.82) is 0 Å². The summed E-state index contributed by atoms with van der Waals surface area (Å²) in [5, 5.41) is 0. The van der Waals surface area contributed by atoms with Crippen molar-refractivity contribution in [2.24, 2.45) is 0 Å². The van der Waals surface area contributed by atoms with Gasteiger partial charge in [0.2, 0.25) is 0 Å². The number of nitrogens with zero attached hydrogens (tertiary/aromatic N) is 2. The first-order valence-corrected chi connectivity index (χ1v) is 8.46. The maximum atomic E-state index is 11.6. The molecule has 0 atom stereocenters. The van der Waals surface area contributed by atoms with Gasteiger partial charge in [-0.3, -0.25) is 4.79 Å². The van der Waals surface area contributed by atoms with Crippen LogP contribution >= 0.6 is 0 Å². The lowest BCUT2D eigenvalue weighted by Gasteiger charge is -2.36. The SMILES string of the molecule is CCN1CCN(c2cc(C=O)c(OC)c(-c3ccccc3)c2)CC1. The Morgan fingerprint density at radius 2 is 1.79 bits per heavy atom. The van der Waals surface area contributed by atoms with Crippen LogP contribution in [0.5, 0.6) is 5.75 Å². The van der Waals surface area contributed by atoms with Gasteiger partial charge in [0.25, 0.3) is 0 Å². The zero-order chi connectivity index (χ0) is 16.9. The number of piperazine rings is 1. The summed E-state index contributed by atoms with van der Waals surface area (Å²) in [4.78, 5) is 16.4. The van der Waals surface area contributed by atoms with Gasteiger partial charge in [-0.05, 0) is 24.2 Å². The highest BCUT2D eigenvalue weighted by Gasteiger charge is 2.19. The van der Waals surface area contributed by atoms with E-state index in [0.717, 1.165) is 55.8 Å². The summed E-state index contributed by atoms with van der Waals surface area (Å²) < 4.78 is 5.54. The van der Waals surface area contributed by atoms with Crippen LogP contribution < -0.4 is 9.64 Å². The van der Waals surface area contributed by atoms with E-state index in [1.165, 1.54) is 0 Å². The van der Waals surface area contributed by atoms with E-state index in [0.29, 0.717) is 11.3 Å².